The second kappa shape index (κ2) is 9.99. The molecule has 0 aliphatic heterocycles. The Labute approximate surface area is 135 Å². The van der Waals surface area contributed by atoms with E-state index in [2.05, 4.69) is 6.58 Å². The summed E-state index contributed by atoms with van der Waals surface area (Å²) in [6.07, 6.45) is 2.69. The number of carbonyl (C=O) groups excluding carboxylic acids is 2. The average molecular weight is 328 g/mol. The van der Waals surface area contributed by atoms with E-state index in [1.54, 1.807) is 6.92 Å². The molecule has 1 N–H and O–H groups in total. The lowest BCUT2D eigenvalue weighted by Crippen LogP contribution is -2.34. The molecule has 1 saturated carbocycles. The van der Waals surface area contributed by atoms with E-state index in [0.717, 1.165) is 12.8 Å². The van der Waals surface area contributed by atoms with Crippen molar-refractivity contribution in [1.82, 2.24) is 0 Å². The van der Waals surface area contributed by atoms with Gasteiger partial charge in [0.1, 0.15) is 6.61 Å². The van der Waals surface area contributed by atoms with Gasteiger partial charge in [-0.15, -0.1) is 0 Å². The maximum Gasteiger partial charge on any atom is 0.335 e. The molecule has 1 aliphatic rings. The molecular weight excluding hydrogens is 304 g/mol. The third-order valence-corrected chi connectivity index (χ3v) is 3.70. The van der Waals surface area contributed by atoms with Crippen LogP contribution in [0, 0.1) is 11.8 Å². The number of ether oxygens (including phenoxy) is 3. The number of aliphatic carboxylic acids is 1. The molecule has 0 spiro atoms. The SMILES string of the molecule is C=C(COCCOC(=O)C1CCCCC1C(=O)O)C(=O)OCC. The normalized spacial score (nSPS) is 20.6. The van der Waals surface area contributed by atoms with Gasteiger partial charge in [0.25, 0.3) is 0 Å². The van der Waals surface area contributed by atoms with E-state index in [-0.39, 0.29) is 32.0 Å². The molecule has 0 radical (unpaired) electrons. The number of carbonyl (C=O) groups is 3. The predicted octanol–water partition coefficient (Wildman–Crippen LogP) is 1.56. The van der Waals surface area contributed by atoms with E-state index >= 15 is 0 Å². The van der Waals surface area contributed by atoms with Crippen LogP contribution in [0.2, 0.25) is 0 Å². The van der Waals surface area contributed by atoms with Crippen molar-refractivity contribution < 1.29 is 33.7 Å². The Morgan fingerprint density at radius 3 is 2.35 bits per heavy atom. The second-order valence-corrected chi connectivity index (χ2v) is 5.38. The zero-order chi connectivity index (χ0) is 17.2. The number of hydrogen-bond acceptors (Lipinski definition) is 6. The Kier molecular flexibility index (Phi) is 8.32. The lowest BCUT2D eigenvalue weighted by molar-refractivity contribution is -0.160. The van der Waals surface area contributed by atoms with E-state index in [1.807, 2.05) is 0 Å². The molecule has 0 aromatic carbocycles. The van der Waals surface area contributed by atoms with Crippen molar-refractivity contribution in [2.24, 2.45) is 11.8 Å². The number of hydrogen-bond donors (Lipinski definition) is 1. The van der Waals surface area contributed by atoms with Crippen molar-refractivity contribution in [3.8, 4) is 0 Å². The summed E-state index contributed by atoms with van der Waals surface area (Å²) in [5.74, 6) is -3.22. The smallest absolute Gasteiger partial charge is 0.335 e. The van der Waals surface area contributed by atoms with E-state index in [9.17, 15) is 14.4 Å². The topological polar surface area (TPSA) is 99.1 Å². The Hall–Kier alpha value is -1.89. The van der Waals surface area contributed by atoms with E-state index < -0.39 is 29.7 Å². The highest BCUT2D eigenvalue weighted by atomic mass is 16.6. The first-order valence-corrected chi connectivity index (χ1v) is 7.79. The highest BCUT2D eigenvalue weighted by molar-refractivity contribution is 5.87. The summed E-state index contributed by atoms with van der Waals surface area (Å²) < 4.78 is 15.0. The minimum atomic E-state index is -0.950. The van der Waals surface area contributed by atoms with Crippen LogP contribution in [0.4, 0.5) is 0 Å². The van der Waals surface area contributed by atoms with E-state index in [4.69, 9.17) is 19.3 Å². The van der Waals surface area contributed by atoms with Gasteiger partial charge in [0.15, 0.2) is 0 Å². The molecule has 2 atom stereocenters. The van der Waals surface area contributed by atoms with Crippen molar-refractivity contribution in [3.05, 3.63) is 12.2 Å². The summed E-state index contributed by atoms with van der Waals surface area (Å²) >= 11 is 0. The molecule has 2 unspecified atom stereocenters. The molecule has 1 fully saturated rings. The lowest BCUT2D eigenvalue weighted by Gasteiger charge is -2.26. The Morgan fingerprint density at radius 1 is 1.09 bits per heavy atom. The molecule has 7 nitrogen and oxygen atoms in total. The highest BCUT2D eigenvalue weighted by Crippen LogP contribution is 2.31. The van der Waals surface area contributed by atoms with Crippen LogP contribution < -0.4 is 0 Å². The van der Waals surface area contributed by atoms with Crippen LogP contribution in [0.1, 0.15) is 32.6 Å². The highest BCUT2D eigenvalue weighted by Gasteiger charge is 2.36. The zero-order valence-electron chi connectivity index (χ0n) is 13.4. The van der Waals surface area contributed by atoms with Crippen LogP contribution in [-0.4, -0.2) is 49.4 Å². The first kappa shape index (κ1) is 19.2. The van der Waals surface area contributed by atoms with Gasteiger partial charge in [-0.25, -0.2) is 4.79 Å². The second-order valence-electron chi connectivity index (χ2n) is 5.38. The quantitative estimate of drug-likeness (QED) is 0.389. The number of rotatable bonds is 9. The van der Waals surface area contributed by atoms with Crippen molar-refractivity contribution in [1.29, 1.82) is 0 Å². The molecular formula is C16H24O7. The number of carboxylic acid groups (broad SMARTS) is 1. The molecule has 23 heavy (non-hydrogen) atoms. The monoisotopic (exact) mass is 328 g/mol. The molecule has 1 aliphatic carbocycles. The summed E-state index contributed by atoms with van der Waals surface area (Å²) in [7, 11) is 0. The molecule has 7 heteroatoms. The summed E-state index contributed by atoms with van der Waals surface area (Å²) in [4.78, 5) is 34.4. The molecule has 0 bridgehead atoms. The largest absolute Gasteiger partial charge is 0.481 e. The lowest BCUT2D eigenvalue weighted by atomic mass is 9.79. The minimum absolute atomic E-state index is 0.00242. The van der Waals surface area contributed by atoms with E-state index in [0.29, 0.717) is 12.8 Å². The first-order chi connectivity index (χ1) is 11.0. The fourth-order valence-electron chi connectivity index (χ4n) is 2.50. The van der Waals surface area contributed by atoms with Crippen LogP contribution in [0.3, 0.4) is 0 Å². The fourth-order valence-corrected chi connectivity index (χ4v) is 2.50. The predicted molar refractivity (Wildman–Crippen MR) is 80.6 cm³/mol. The van der Waals surface area contributed by atoms with Gasteiger partial charge < -0.3 is 19.3 Å². The summed E-state index contributed by atoms with van der Waals surface area (Å²) in [5.41, 5.74) is 0.191. The molecule has 0 aromatic rings. The number of esters is 2. The zero-order valence-corrected chi connectivity index (χ0v) is 13.4. The van der Waals surface area contributed by atoms with Gasteiger partial charge in [-0.1, -0.05) is 19.4 Å². The molecule has 0 amide bonds. The van der Waals surface area contributed by atoms with Crippen LogP contribution in [-0.2, 0) is 28.6 Å². The maximum absolute atomic E-state index is 12.0. The Bertz CT molecular complexity index is 444. The summed E-state index contributed by atoms with van der Waals surface area (Å²) in [6, 6.07) is 0. The third-order valence-electron chi connectivity index (χ3n) is 3.70. The first-order valence-electron chi connectivity index (χ1n) is 7.79. The van der Waals surface area contributed by atoms with Crippen molar-refractivity contribution in [2.45, 2.75) is 32.6 Å². The molecule has 0 heterocycles. The van der Waals surface area contributed by atoms with Gasteiger partial charge in [0, 0.05) is 0 Å². The van der Waals surface area contributed by atoms with E-state index in [1.165, 1.54) is 0 Å². The van der Waals surface area contributed by atoms with Crippen molar-refractivity contribution in [3.63, 3.8) is 0 Å². The van der Waals surface area contributed by atoms with Gasteiger partial charge in [0.05, 0.1) is 37.2 Å². The number of carboxylic acids is 1. The standard InChI is InChI=1S/C16H24O7/c1-3-22-15(19)11(2)10-21-8-9-23-16(20)13-7-5-4-6-12(13)14(17)18/h12-13H,2-10H2,1H3,(H,17,18). The fraction of sp³-hybridized carbons (Fsp3) is 0.688. The molecule has 130 valence electrons. The summed E-state index contributed by atoms with van der Waals surface area (Å²) in [5, 5.41) is 9.14. The van der Waals surface area contributed by atoms with Gasteiger partial charge in [-0.2, -0.15) is 0 Å². The van der Waals surface area contributed by atoms with Gasteiger partial charge in [-0.05, 0) is 19.8 Å². The van der Waals surface area contributed by atoms with Crippen molar-refractivity contribution >= 4 is 17.9 Å². The summed E-state index contributed by atoms with van der Waals surface area (Å²) in [6.45, 7) is 5.61. The van der Waals surface area contributed by atoms with Crippen LogP contribution >= 0.6 is 0 Å². The minimum Gasteiger partial charge on any atom is -0.481 e. The van der Waals surface area contributed by atoms with Crippen LogP contribution in [0.5, 0.6) is 0 Å². The van der Waals surface area contributed by atoms with Crippen LogP contribution in [0.15, 0.2) is 12.2 Å². The van der Waals surface area contributed by atoms with Gasteiger partial charge in [-0.3, -0.25) is 9.59 Å². The van der Waals surface area contributed by atoms with Crippen molar-refractivity contribution in [2.75, 3.05) is 26.4 Å². The molecule has 0 aromatic heterocycles. The molecule has 0 saturated heterocycles. The Balaban J connectivity index is 2.24. The maximum atomic E-state index is 12.0. The third kappa shape index (κ3) is 6.40. The Morgan fingerprint density at radius 2 is 1.74 bits per heavy atom. The van der Waals surface area contributed by atoms with Gasteiger partial charge in [0.2, 0.25) is 0 Å². The molecule has 1 rings (SSSR count). The van der Waals surface area contributed by atoms with Crippen LogP contribution in [0.25, 0.3) is 0 Å². The average Bonchev–Trinajstić information content (AvgIpc) is 2.54. The van der Waals surface area contributed by atoms with Gasteiger partial charge >= 0.3 is 17.9 Å².